The number of carbonyl (C=O) groups is 9. The molecule has 0 aliphatic heterocycles. The van der Waals surface area contributed by atoms with Crippen molar-refractivity contribution in [1.29, 1.82) is 0 Å². The zero-order valence-electron chi connectivity index (χ0n) is 40.9. The number of carbonyl (C=O) groups excluding carboxylic acids is 6. The van der Waals surface area contributed by atoms with Crippen molar-refractivity contribution in [2.45, 2.75) is 166 Å². The molecular formula is C47H80N5O18. The lowest BCUT2D eigenvalue weighted by atomic mass is 9.95. The number of carboxylic acid groups (broad SMARTS) is 4. The maximum absolute atomic E-state index is 12.4. The van der Waals surface area contributed by atoms with Crippen LogP contribution in [0.5, 0.6) is 0 Å². The van der Waals surface area contributed by atoms with E-state index >= 15 is 0 Å². The van der Waals surface area contributed by atoms with Crippen molar-refractivity contribution in [2.75, 3.05) is 65.9 Å². The van der Waals surface area contributed by atoms with Crippen LogP contribution in [0.2, 0.25) is 0 Å². The van der Waals surface area contributed by atoms with Gasteiger partial charge in [-0.3, -0.25) is 33.6 Å². The van der Waals surface area contributed by atoms with Gasteiger partial charge in [0.05, 0.1) is 45.6 Å². The van der Waals surface area contributed by atoms with Crippen LogP contribution in [0.1, 0.15) is 148 Å². The number of hydrogen-bond acceptors (Lipinski definition) is 14. The molecule has 0 bridgehead atoms. The fourth-order valence-electron chi connectivity index (χ4n) is 6.84. The Hall–Kier alpha value is -5.26. The van der Waals surface area contributed by atoms with Crippen LogP contribution < -0.4 is 26.6 Å². The van der Waals surface area contributed by atoms with E-state index in [9.17, 15) is 63.3 Å². The summed E-state index contributed by atoms with van der Waals surface area (Å²) in [4.78, 5) is 117. The number of unbranched alkanes of at least 4 members (excludes halogenated alkanes) is 11. The highest BCUT2D eigenvalue weighted by Gasteiger charge is 2.24. The number of nitrogens with one attached hydrogen (secondary N) is 5. The van der Waals surface area contributed by atoms with Gasteiger partial charge in [0.15, 0.2) is 6.29 Å². The highest BCUT2D eigenvalue weighted by Crippen LogP contribution is 2.19. The second-order valence-electron chi connectivity index (χ2n) is 16.8. The normalized spacial score (nSPS) is 12.7. The largest absolute Gasteiger partial charge is 0.481 e. The van der Waals surface area contributed by atoms with Gasteiger partial charge in [-0.2, -0.15) is 0 Å². The average Bonchev–Trinajstić information content (AvgIpc) is 3.31. The molecule has 0 saturated heterocycles. The molecule has 1 unspecified atom stereocenters. The van der Waals surface area contributed by atoms with Crippen molar-refractivity contribution >= 4 is 59.7 Å². The van der Waals surface area contributed by atoms with E-state index in [1.165, 1.54) is 6.29 Å². The van der Waals surface area contributed by atoms with Crippen LogP contribution in [-0.4, -0.2) is 164 Å². The van der Waals surface area contributed by atoms with Gasteiger partial charge in [0.25, 0.3) is 0 Å². The third-order valence-corrected chi connectivity index (χ3v) is 10.8. The molecule has 401 valence electrons. The first-order valence-electron chi connectivity index (χ1n) is 24.6. The van der Waals surface area contributed by atoms with E-state index in [-0.39, 0.29) is 110 Å². The number of ether oxygens (including phenoxy) is 4. The third kappa shape index (κ3) is 38.6. The van der Waals surface area contributed by atoms with E-state index in [0.717, 1.165) is 89.9 Å². The Morgan fingerprint density at radius 3 is 1.30 bits per heavy atom. The maximum Gasteiger partial charge on any atom is 0.326 e. The predicted molar refractivity (Wildman–Crippen MR) is 252 cm³/mol. The lowest BCUT2D eigenvalue weighted by molar-refractivity contribution is -0.144. The van der Waals surface area contributed by atoms with Gasteiger partial charge in [-0.25, -0.2) is 14.4 Å². The number of aliphatic carboxylic acids is 4. The minimum atomic E-state index is -1.44. The van der Waals surface area contributed by atoms with Crippen molar-refractivity contribution in [3.63, 3.8) is 0 Å². The fraction of sp³-hybridized carbons (Fsp3) is 0.787. The fourth-order valence-corrected chi connectivity index (χ4v) is 6.84. The van der Waals surface area contributed by atoms with Gasteiger partial charge in [-0.1, -0.05) is 84.0 Å². The quantitative estimate of drug-likeness (QED) is 0.0395. The molecule has 23 heteroatoms. The first-order chi connectivity index (χ1) is 33.6. The molecule has 0 heterocycles. The van der Waals surface area contributed by atoms with E-state index in [4.69, 9.17) is 24.1 Å². The minimum absolute atomic E-state index is 0.0275. The summed E-state index contributed by atoms with van der Waals surface area (Å²) in [5.41, 5.74) is 0. The molecule has 1 radical (unpaired) electrons. The minimum Gasteiger partial charge on any atom is -0.481 e. The van der Waals surface area contributed by atoms with Crippen LogP contribution in [0, 0.1) is 5.92 Å². The Morgan fingerprint density at radius 1 is 0.414 bits per heavy atom. The molecule has 70 heavy (non-hydrogen) atoms. The zero-order chi connectivity index (χ0) is 52.2. The van der Waals surface area contributed by atoms with Crippen LogP contribution in [0.3, 0.4) is 0 Å². The molecule has 4 atom stereocenters. The number of carboxylic acids is 4. The van der Waals surface area contributed by atoms with Gasteiger partial charge in [0.2, 0.25) is 29.5 Å². The standard InChI is InChI=1S/C47H80N5O18/c1-2-3-16-35(44(59)60)17-13-11-9-7-5-4-6-8-10-12-14-19-40(55)51-37(46(63)64)20-22-39(54)48-24-27-67-29-31-69-33-42(57)49-25-28-68-30-32-70-34-43(58)52-38(47(65)66)21-23-41(56)50-36(45(61)62)18-15-26-53/h35-38H,2-25,27-34H2,1H3,(H,48,54)(H,49,57)(H,50,56)(H,51,55)(H,52,58)(H,59,60)(H,61,62)(H,63,64)(H,65,66)/t35?,36-,37-,38-/m0/s1. The Labute approximate surface area is 411 Å². The lowest BCUT2D eigenvalue weighted by Gasteiger charge is -2.16. The van der Waals surface area contributed by atoms with Crippen LogP contribution in [0.25, 0.3) is 0 Å². The van der Waals surface area contributed by atoms with Crippen LogP contribution in [-0.2, 0) is 66.9 Å². The number of hydrogen-bond donors (Lipinski definition) is 9. The molecule has 0 aliphatic carbocycles. The molecule has 0 rings (SSSR count). The topological polar surface area (TPSA) is 349 Å². The predicted octanol–water partition coefficient (Wildman–Crippen LogP) is 2.41. The van der Waals surface area contributed by atoms with Gasteiger partial charge in [-0.05, 0) is 38.5 Å². The highest BCUT2D eigenvalue weighted by atomic mass is 16.5. The molecule has 0 saturated carbocycles. The molecule has 0 aromatic heterocycles. The van der Waals surface area contributed by atoms with Gasteiger partial charge in [0.1, 0.15) is 31.3 Å². The molecule has 0 aliphatic rings. The number of amides is 5. The van der Waals surface area contributed by atoms with E-state index in [1.54, 1.807) is 0 Å². The van der Waals surface area contributed by atoms with E-state index in [2.05, 4.69) is 33.5 Å². The van der Waals surface area contributed by atoms with Crippen molar-refractivity contribution in [3.05, 3.63) is 0 Å². The summed E-state index contributed by atoms with van der Waals surface area (Å²) >= 11 is 0. The van der Waals surface area contributed by atoms with Gasteiger partial charge in [-0.15, -0.1) is 0 Å². The second kappa shape index (κ2) is 43.7. The van der Waals surface area contributed by atoms with Gasteiger partial charge < -0.3 is 66.0 Å². The van der Waals surface area contributed by atoms with Gasteiger partial charge >= 0.3 is 23.9 Å². The smallest absolute Gasteiger partial charge is 0.326 e. The highest BCUT2D eigenvalue weighted by molar-refractivity contribution is 5.87. The van der Waals surface area contributed by atoms with E-state index < -0.39 is 78.7 Å². The summed E-state index contributed by atoms with van der Waals surface area (Å²) in [7, 11) is 0. The van der Waals surface area contributed by atoms with Gasteiger partial charge in [0, 0.05) is 38.8 Å². The van der Waals surface area contributed by atoms with Crippen molar-refractivity contribution in [1.82, 2.24) is 26.6 Å². The molecule has 5 amide bonds. The Morgan fingerprint density at radius 2 is 0.814 bits per heavy atom. The molecular weight excluding hydrogens is 923 g/mol. The average molecular weight is 1000 g/mol. The zero-order valence-corrected chi connectivity index (χ0v) is 40.9. The monoisotopic (exact) mass is 1000 g/mol. The van der Waals surface area contributed by atoms with Crippen molar-refractivity contribution in [3.8, 4) is 0 Å². The molecule has 9 N–H and O–H groups in total. The molecule has 0 aromatic rings. The van der Waals surface area contributed by atoms with Crippen LogP contribution in [0.4, 0.5) is 0 Å². The molecule has 23 nitrogen and oxygen atoms in total. The first-order valence-corrected chi connectivity index (χ1v) is 24.6. The number of rotatable bonds is 49. The van der Waals surface area contributed by atoms with Crippen molar-refractivity contribution in [2.24, 2.45) is 5.92 Å². The Balaban J connectivity index is 3.87. The molecule has 0 fully saturated rings. The maximum atomic E-state index is 12.4. The lowest BCUT2D eigenvalue weighted by Crippen LogP contribution is -2.44. The van der Waals surface area contributed by atoms with E-state index in [0.29, 0.717) is 6.42 Å². The summed E-state index contributed by atoms with van der Waals surface area (Å²) in [5, 5.41) is 49.5. The summed E-state index contributed by atoms with van der Waals surface area (Å²) in [6, 6.07) is -3.96. The summed E-state index contributed by atoms with van der Waals surface area (Å²) in [6.45, 7) is 2.18. The van der Waals surface area contributed by atoms with Crippen molar-refractivity contribution < 1.29 is 87.3 Å². The summed E-state index contributed by atoms with van der Waals surface area (Å²) < 4.78 is 21.1. The first kappa shape index (κ1) is 64.7. The second-order valence-corrected chi connectivity index (χ2v) is 16.8. The summed E-state index contributed by atoms with van der Waals surface area (Å²) in [6.07, 6.45) is 15.3. The Bertz CT molecular complexity index is 1540. The molecule has 0 aromatic carbocycles. The van der Waals surface area contributed by atoms with E-state index in [1.807, 2.05) is 0 Å². The Kier molecular flexibility index (Phi) is 40.5. The SMILES string of the molecule is CCCCC(CCCCCCCCCCCCCC(=O)N[C@@H](CCC(=O)NCCOCCOCC(=O)NCCOCCOCC(=O)N[C@@H](CCC(=O)N[C@@H](CC[C]=O)C(=O)O)C(=O)O)C(=O)O)C(=O)O. The van der Waals surface area contributed by atoms with Crippen LogP contribution in [0.15, 0.2) is 0 Å². The third-order valence-electron chi connectivity index (χ3n) is 10.8. The molecule has 0 spiro atoms. The van der Waals surface area contributed by atoms with Crippen LogP contribution >= 0.6 is 0 Å². The summed E-state index contributed by atoms with van der Waals surface area (Å²) in [5.74, 6) is -7.57.